The molecule has 0 fully saturated rings. The Morgan fingerprint density at radius 2 is 1.68 bits per heavy atom. The van der Waals surface area contributed by atoms with E-state index in [-0.39, 0.29) is 19.0 Å². The summed E-state index contributed by atoms with van der Waals surface area (Å²) in [6.07, 6.45) is 1.42. The van der Waals surface area contributed by atoms with Crippen LogP contribution in [-0.4, -0.2) is 20.7 Å². The summed E-state index contributed by atoms with van der Waals surface area (Å²) in [5.41, 5.74) is 1.27. The molecule has 0 N–H and O–H groups in total. The van der Waals surface area contributed by atoms with Crippen LogP contribution in [0.25, 0.3) is 22.1 Å². The largest absolute Gasteiger partial charge is 0.493 e. The van der Waals surface area contributed by atoms with E-state index in [0.29, 0.717) is 50.8 Å². The highest BCUT2D eigenvalue weighted by atomic mass is 16.7. The highest BCUT2D eigenvalue weighted by molar-refractivity contribution is 5.85. The van der Waals surface area contributed by atoms with Crippen molar-refractivity contribution in [1.29, 1.82) is 0 Å². The first-order valence-electron chi connectivity index (χ1n) is 7.58. The molecular formula is C18H12O7. The van der Waals surface area contributed by atoms with Crippen molar-refractivity contribution in [1.82, 2.24) is 0 Å². The minimum absolute atomic E-state index is 0.116. The molecule has 7 heteroatoms. The minimum atomic E-state index is -0.180. The molecule has 0 saturated carbocycles. The van der Waals surface area contributed by atoms with E-state index in [0.717, 1.165) is 0 Å². The molecule has 2 aliphatic heterocycles. The highest BCUT2D eigenvalue weighted by Gasteiger charge is 2.23. The number of fused-ring (bicyclic) bond motifs is 3. The van der Waals surface area contributed by atoms with Gasteiger partial charge in [0, 0.05) is 6.07 Å². The molecule has 3 aromatic rings. The van der Waals surface area contributed by atoms with E-state index in [1.165, 1.54) is 13.4 Å². The molecule has 0 saturated heterocycles. The smallest absolute Gasteiger partial charge is 0.231 e. The first-order valence-corrected chi connectivity index (χ1v) is 7.58. The Kier molecular flexibility index (Phi) is 2.85. The topological polar surface area (TPSA) is 76.4 Å². The van der Waals surface area contributed by atoms with Gasteiger partial charge in [-0.3, -0.25) is 4.79 Å². The summed E-state index contributed by atoms with van der Waals surface area (Å²) < 4.78 is 32.4. The molecule has 25 heavy (non-hydrogen) atoms. The molecule has 0 unspecified atom stereocenters. The van der Waals surface area contributed by atoms with Crippen molar-refractivity contribution >= 4 is 11.0 Å². The van der Waals surface area contributed by atoms with Crippen molar-refractivity contribution in [3.05, 3.63) is 40.8 Å². The Morgan fingerprint density at radius 1 is 0.920 bits per heavy atom. The van der Waals surface area contributed by atoms with Crippen LogP contribution in [0.5, 0.6) is 28.7 Å². The van der Waals surface area contributed by atoms with Crippen LogP contribution in [0.3, 0.4) is 0 Å². The van der Waals surface area contributed by atoms with Gasteiger partial charge in [-0.25, -0.2) is 0 Å². The Hall–Kier alpha value is -3.35. The molecule has 126 valence electrons. The molecule has 3 heterocycles. The second kappa shape index (κ2) is 5.07. The molecule has 2 aliphatic rings. The van der Waals surface area contributed by atoms with Gasteiger partial charge in [0.1, 0.15) is 11.8 Å². The Bertz CT molecular complexity index is 1070. The second-order valence-corrected chi connectivity index (χ2v) is 5.59. The van der Waals surface area contributed by atoms with E-state index in [1.807, 2.05) is 0 Å². The fraction of sp³-hybridized carbons (Fsp3) is 0.167. The first kappa shape index (κ1) is 14.0. The molecule has 0 aliphatic carbocycles. The zero-order chi connectivity index (χ0) is 17.0. The predicted molar refractivity (Wildman–Crippen MR) is 86.7 cm³/mol. The molecule has 2 aromatic carbocycles. The maximum absolute atomic E-state index is 13.0. The summed E-state index contributed by atoms with van der Waals surface area (Å²) in [6, 6.07) is 6.74. The van der Waals surface area contributed by atoms with Crippen molar-refractivity contribution in [2.75, 3.05) is 20.7 Å². The highest BCUT2D eigenvalue weighted by Crippen LogP contribution is 2.44. The molecule has 0 bridgehead atoms. The zero-order valence-corrected chi connectivity index (χ0v) is 13.2. The van der Waals surface area contributed by atoms with Crippen LogP contribution in [-0.2, 0) is 0 Å². The fourth-order valence-corrected chi connectivity index (χ4v) is 3.00. The van der Waals surface area contributed by atoms with E-state index in [4.69, 9.17) is 28.1 Å². The summed E-state index contributed by atoms with van der Waals surface area (Å²) >= 11 is 0. The second-order valence-electron chi connectivity index (χ2n) is 5.59. The van der Waals surface area contributed by atoms with E-state index < -0.39 is 0 Å². The van der Waals surface area contributed by atoms with Crippen molar-refractivity contribution in [3.8, 4) is 39.9 Å². The minimum Gasteiger partial charge on any atom is -0.493 e. The lowest BCUT2D eigenvalue weighted by Crippen LogP contribution is -2.05. The lowest BCUT2D eigenvalue weighted by atomic mass is 10.0. The number of hydrogen-bond acceptors (Lipinski definition) is 7. The van der Waals surface area contributed by atoms with E-state index in [1.54, 1.807) is 24.3 Å². The summed E-state index contributed by atoms with van der Waals surface area (Å²) in [6.45, 7) is 0.247. The van der Waals surface area contributed by atoms with Crippen LogP contribution >= 0.6 is 0 Å². The number of rotatable bonds is 2. The number of benzene rings is 2. The van der Waals surface area contributed by atoms with Gasteiger partial charge in [-0.05, 0) is 23.8 Å². The molecular weight excluding hydrogens is 328 g/mol. The van der Waals surface area contributed by atoms with Crippen molar-refractivity contribution in [2.24, 2.45) is 0 Å². The molecule has 1 aromatic heterocycles. The Morgan fingerprint density at radius 3 is 2.52 bits per heavy atom. The zero-order valence-electron chi connectivity index (χ0n) is 13.2. The molecule has 7 nitrogen and oxygen atoms in total. The maximum atomic E-state index is 13.0. The van der Waals surface area contributed by atoms with Gasteiger partial charge in [-0.15, -0.1) is 0 Å². The van der Waals surface area contributed by atoms with Gasteiger partial charge in [-0.2, -0.15) is 0 Å². The van der Waals surface area contributed by atoms with Crippen LogP contribution in [0.4, 0.5) is 0 Å². The normalized spacial score (nSPS) is 14.1. The van der Waals surface area contributed by atoms with Gasteiger partial charge in [0.25, 0.3) is 0 Å². The third-order valence-electron chi connectivity index (χ3n) is 4.24. The molecule has 0 spiro atoms. The van der Waals surface area contributed by atoms with E-state index in [9.17, 15) is 4.79 Å². The standard InChI is InChI=1S/C18H12O7/c1-20-15-2-9(3-16-18(15)25-8-24-16)11-6-21-12-5-14-13(22-7-23-14)4-10(12)17(11)19/h2-6H,7-8H2,1H3. The van der Waals surface area contributed by atoms with Crippen LogP contribution in [0.1, 0.15) is 0 Å². The van der Waals surface area contributed by atoms with Crippen LogP contribution in [0.2, 0.25) is 0 Å². The van der Waals surface area contributed by atoms with Crippen LogP contribution in [0, 0.1) is 0 Å². The maximum Gasteiger partial charge on any atom is 0.231 e. The van der Waals surface area contributed by atoms with Gasteiger partial charge in [0.2, 0.25) is 24.8 Å². The third kappa shape index (κ3) is 2.02. The van der Waals surface area contributed by atoms with Gasteiger partial charge >= 0.3 is 0 Å². The Balaban J connectivity index is 1.73. The monoisotopic (exact) mass is 340 g/mol. The quantitative estimate of drug-likeness (QED) is 0.710. The van der Waals surface area contributed by atoms with Crippen LogP contribution < -0.4 is 29.1 Å². The van der Waals surface area contributed by atoms with Crippen molar-refractivity contribution in [2.45, 2.75) is 0 Å². The summed E-state index contributed by atoms with van der Waals surface area (Å²) in [5.74, 6) is 2.64. The SMILES string of the molecule is COc1cc(-c2coc3cc4c(cc3c2=O)OCO4)cc2c1OCO2. The van der Waals surface area contributed by atoms with Crippen molar-refractivity contribution < 1.29 is 28.1 Å². The lowest BCUT2D eigenvalue weighted by molar-refractivity contribution is 0.171. The number of hydrogen-bond donors (Lipinski definition) is 0. The fourth-order valence-electron chi connectivity index (χ4n) is 3.00. The summed E-state index contributed by atoms with van der Waals surface area (Å²) in [4.78, 5) is 13.0. The molecule has 0 radical (unpaired) electrons. The molecule has 0 amide bonds. The number of ether oxygens (including phenoxy) is 5. The average Bonchev–Trinajstić information content (AvgIpc) is 3.28. The average molecular weight is 340 g/mol. The predicted octanol–water partition coefficient (Wildman–Crippen LogP) is 2.93. The van der Waals surface area contributed by atoms with Gasteiger partial charge in [-0.1, -0.05) is 0 Å². The molecule has 0 atom stereocenters. The summed E-state index contributed by atoms with van der Waals surface area (Å²) in [7, 11) is 1.53. The lowest BCUT2D eigenvalue weighted by Gasteiger charge is -2.08. The van der Waals surface area contributed by atoms with Gasteiger partial charge in [0.15, 0.2) is 23.0 Å². The number of methoxy groups -OCH3 is 1. The van der Waals surface area contributed by atoms with Gasteiger partial charge < -0.3 is 28.1 Å². The van der Waals surface area contributed by atoms with E-state index in [2.05, 4.69) is 0 Å². The van der Waals surface area contributed by atoms with Crippen LogP contribution in [0.15, 0.2) is 39.7 Å². The molecule has 5 rings (SSSR count). The van der Waals surface area contributed by atoms with Crippen molar-refractivity contribution in [3.63, 3.8) is 0 Å². The summed E-state index contributed by atoms with van der Waals surface area (Å²) in [5, 5.41) is 0.415. The third-order valence-corrected chi connectivity index (χ3v) is 4.24. The Labute approximate surface area is 141 Å². The first-order chi connectivity index (χ1) is 12.2. The van der Waals surface area contributed by atoms with Gasteiger partial charge in [0.05, 0.1) is 18.1 Å². The van der Waals surface area contributed by atoms with E-state index >= 15 is 0 Å².